The minimum atomic E-state index is 0.0334. The molecule has 2 rings (SSSR count). The largest absolute Gasteiger partial charge is 0.496 e. The quantitative estimate of drug-likeness (QED) is 0.815. The summed E-state index contributed by atoms with van der Waals surface area (Å²) in [6.45, 7) is 6.27. The van der Waals surface area contributed by atoms with Gasteiger partial charge in [0.25, 0.3) is 0 Å². The van der Waals surface area contributed by atoms with Gasteiger partial charge in [0, 0.05) is 24.4 Å². The Kier molecular flexibility index (Phi) is 5.61. The lowest BCUT2D eigenvalue weighted by Gasteiger charge is -2.26. The average molecular weight is 296 g/mol. The molecule has 0 aliphatic heterocycles. The van der Waals surface area contributed by atoms with Gasteiger partial charge in [0.2, 0.25) is 0 Å². The van der Waals surface area contributed by atoms with Crippen molar-refractivity contribution in [1.29, 1.82) is 0 Å². The maximum absolute atomic E-state index is 5.46. The normalized spacial score (nSPS) is 13.2. The number of benzene rings is 2. The molecule has 3 nitrogen and oxygen atoms in total. The Morgan fingerprint density at radius 1 is 1.05 bits per heavy atom. The molecule has 0 fully saturated rings. The van der Waals surface area contributed by atoms with Gasteiger partial charge in [-0.05, 0) is 18.6 Å². The molecule has 22 heavy (non-hydrogen) atoms. The van der Waals surface area contributed by atoms with Crippen molar-refractivity contribution in [2.45, 2.75) is 19.0 Å². The van der Waals surface area contributed by atoms with Crippen LogP contribution in [0.1, 0.15) is 30.1 Å². The van der Waals surface area contributed by atoms with Gasteiger partial charge in [0.1, 0.15) is 5.75 Å². The highest BCUT2D eigenvalue weighted by molar-refractivity contribution is 5.36. The molecular formula is C19H24N2O. The second kappa shape index (κ2) is 7.66. The maximum atomic E-state index is 5.46. The Bertz CT molecular complexity index is 610. The predicted molar refractivity (Wildman–Crippen MR) is 91.9 cm³/mol. The Labute approximate surface area is 133 Å². The summed E-state index contributed by atoms with van der Waals surface area (Å²) in [5.74, 6) is 0.893. The van der Waals surface area contributed by atoms with E-state index in [4.69, 9.17) is 4.74 Å². The highest BCUT2D eigenvalue weighted by Crippen LogP contribution is 2.28. The van der Waals surface area contributed by atoms with Gasteiger partial charge in [0.05, 0.1) is 13.2 Å². The van der Waals surface area contributed by atoms with Crippen LogP contribution < -0.4 is 15.4 Å². The number of hydrogen-bond donors (Lipinski definition) is 2. The van der Waals surface area contributed by atoms with E-state index in [1.54, 1.807) is 7.11 Å². The Morgan fingerprint density at radius 2 is 1.68 bits per heavy atom. The van der Waals surface area contributed by atoms with Gasteiger partial charge in [-0.2, -0.15) is 0 Å². The van der Waals surface area contributed by atoms with E-state index in [0.717, 1.165) is 17.0 Å². The molecule has 0 unspecified atom stereocenters. The molecule has 0 radical (unpaired) electrons. The van der Waals surface area contributed by atoms with Crippen molar-refractivity contribution in [2.24, 2.45) is 0 Å². The molecule has 2 atom stereocenters. The van der Waals surface area contributed by atoms with Gasteiger partial charge in [0.15, 0.2) is 0 Å². The van der Waals surface area contributed by atoms with Gasteiger partial charge in [-0.1, -0.05) is 55.1 Å². The summed E-state index contributed by atoms with van der Waals surface area (Å²) in [6.07, 6.45) is 0. The summed E-state index contributed by atoms with van der Waals surface area (Å²) in [4.78, 5) is 0. The van der Waals surface area contributed by atoms with Crippen molar-refractivity contribution in [3.8, 4) is 5.75 Å². The van der Waals surface area contributed by atoms with Crippen LogP contribution in [0.5, 0.6) is 5.75 Å². The molecule has 0 aromatic heterocycles. The lowest BCUT2D eigenvalue weighted by Crippen LogP contribution is -2.30. The summed E-state index contributed by atoms with van der Waals surface area (Å²) < 4.78 is 5.46. The lowest BCUT2D eigenvalue weighted by atomic mass is 10.0. The minimum Gasteiger partial charge on any atom is -0.496 e. The third-order valence-electron chi connectivity index (χ3n) is 3.82. The van der Waals surface area contributed by atoms with Crippen molar-refractivity contribution in [2.75, 3.05) is 14.2 Å². The first kappa shape index (κ1) is 16.1. The number of ether oxygens (including phenoxy) is 1. The van der Waals surface area contributed by atoms with E-state index in [1.165, 1.54) is 5.56 Å². The zero-order valence-corrected chi connectivity index (χ0v) is 13.5. The minimum absolute atomic E-state index is 0.0334. The lowest BCUT2D eigenvalue weighted by molar-refractivity contribution is 0.397. The van der Waals surface area contributed by atoms with E-state index in [2.05, 4.69) is 42.3 Å². The number of hydrogen-bond acceptors (Lipinski definition) is 3. The standard InChI is InChI=1S/C19H24N2O/c1-14(17-12-8-9-13-18(17)22-4)21-19(15(2)20-3)16-10-6-5-7-11-16/h5-14,19-21H,2H2,1,3-4H3/t14-,19-/m1/s1. The first-order valence-corrected chi connectivity index (χ1v) is 7.47. The van der Waals surface area contributed by atoms with Crippen molar-refractivity contribution >= 4 is 0 Å². The molecule has 0 spiro atoms. The topological polar surface area (TPSA) is 33.3 Å². The third-order valence-corrected chi connectivity index (χ3v) is 3.82. The summed E-state index contributed by atoms with van der Waals surface area (Å²) in [6, 6.07) is 18.6. The third kappa shape index (κ3) is 3.68. The smallest absolute Gasteiger partial charge is 0.123 e. The van der Waals surface area contributed by atoms with Gasteiger partial charge in [-0.15, -0.1) is 0 Å². The van der Waals surface area contributed by atoms with E-state index >= 15 is 0 Å². The van der Waals surface area contributed by atoms with E-state index < -0.39 is 0 Å². The van der Waals surface area contributed by atoms with E-state index in [-0.39, 0.29) is 12.1 Å². The van der Waals surface area contributed by atoms with E-state index in [1.807, 2.05) is 43.4 Å². The van der Waals surface area contributed by atoms with Crippen molar-refractivity contribution in [1.82, 2.24) is 10.6 Å². The molecule has 116 valence electrons. The molecular weight excluding hydrogens is 272 g/mol. The summed E-state index contributed by atoms with van der Waals surface area (Å²) >= 11 is 0. The number of likely N-dealkylation sites (N-methyl/N-ethyl adjacent to an activating group) is 1. The molecule has 0 aliphatic carbocycles. The van der Waals surface area contributed by atoms with Gasteiger partial charge >= 0.3 is 0 Å². The van der Waals surface area contributed by atoms with Crippen LogP contribution in [-0.4, -0.2) is 14.2 Å². The number of nitrogens with one attached hydrogen (secondary N) is 2. The summed E-state index contributed by atoms with van der Waals surface area (Å²) in [5.41, 5.74) is 3.26. The molecule has 2 aromatic carbocycles. The molecule has 3 heteroatoms. The van der Waals surface area contributed by atoms with Crippen molar-refractivity contribution < 1.29 is 4.74 Å². The van der Waals surface area contributed by atoms with E-state index in [0.29, 0.717) is 0 Å². The van der Waals surface area contributed by atoms with Crippen LogP contribution >= 0.6 is 0 Å². The van der Waals surface area contributed by atoms with Crippen molar-refractivity contribution in [3.05, 3.63) is 78.0 Å². The molecule has 2 N–H and O–H groups in total. The fourth-order valence-electron chi connectivity index (χ4n) is 2.55. The van der Waals surface area contributed by atoms with Gasteiger partial charge < -0.3 is 10.1 Å². The molecule has 2 aromatic rings. The second-order valence-electron chi connectivity index (χ2n) is 5.25. The monoisotopic (exact) mass is 296 g/mol. The Balaban J connectivity index is 2.25. The van der Waals surface area contributed by atoms with Crippen LogP contribution in [0.3, 0.4) is 0 Å². The Hall–Kier alpha value is -2.26. The Morgan fingerprint density at radius 3 is 2.32 bits per heavy atom. The molecule has 0 heterocycles. The molecule has 0 aliphatic rings. The van der Waals surface area contributed by atoms with E-state index in [9.17, 15) is 0 Å². The average Bonchev–Trinajstić information content (AvgIpc) is 2.59. The summed E-state index contributed by atoms with van der Waals surface area (Å²) in [5, 5.41) is 6.79. The molecule has 0 saturated heterocycles. The number of para-hydroxylation sites is 1. The van der Waals surface area contributed by atoms with Gasteiger partial charge in [-0.3, -0.25) is 5.32 Å². The highest BCUT2D eigenvalue weighted by atomic mass is 16.5. The zero-order valence-electron chi connectivity index (χ0n) is 13.5. The van der Waals surface area contributed by atoms with Gasteiger partial charge in [-0.25, -0.2) is 0 Å². The zero-order chi connectivity index (χ0) is 15.9. The first-order valence-electron chi connectivity index (χ1n) is 7.47. The highest BCUT2D eigenvalue weighted by Gasteiger charge is 2.19. The number of methoxy groups -OCH3 is 1. The fourth-order valence-corrected chi connectivity index (χ4v) is 2.55. The van der Waals surface area contributed by atoms with Crippen LogP contribution in [0.15, 0.2) is 66.9 Å². The molecule has 0 amide bonds. The van der Waals surface area contributed by atoms with Crippen LogP contribution in [0.2, 0.25) is 0 Å². The molecule has 0 bridgehead atoms. The number of rotatable bonds is 7. The molecule has 0 saturated carbocycles. The maximum Gasteiger partial charge on any atom is 0.123 e. The van der Waals surface area contributed by atoms with Crippen LogP contribution in [0.25, 0.3) is 0 Å². The summed E-state index contributed by atoms with van der Waals surface area (Å²) in [7, 11) is 3.60. The predicted octanol–water partition coefficient (Wildman–Crippen LogP) is 3.82. The first-order chi connectivity index (χ1) is 10.7. The second-order valence-corrected chi connectivity index (χ2v) is 5.25. The van der Waals surface area contributed by atoms with Crippen LogP contribution in [0, 0.1) is 0 Å². The SMILES string of the molecule is C=C(NC)[C@@H](N[C@H](C)c1ccccc1OC)c1ccccc1. The van der Waals surface area contributed by atoms with Crippen LogP contribution in [0.4, 0.5) is 0 Å². The fraction of sp³-hybridized carbons (Fsp3) is 0.263. The van der Waals surface area contributed by atoms with Crippen LogP contribution in [-0.2, 0) is 0 Å². The van der Waals surface area contributed by atoms with Crippen molar-refractivity contribution in [3.63, 3.8) is 0 Å².